The van der Waals surface area contributed by atoms with Crippen molar-refractivity contribution in [2.75, 3.05) is 53.5 Å². The SMILES string of the molecule is COc1cc2c(=O)[nH]cnc2cc1OCCN1CCN(C)CC1. The molecule has 124 valence electrons. The third kappa shape index (κ3) is 3.62. The summed E-state index contributed by atoms with van der Waals surface area (Å²) in [5, 5.41) is 0.496. The number of hydrogen-bond donors (Lipinski definition) is 1. The number of fused-ring (bicyclic) bond motifs is 1. The van der Waals surface area contributed by atoms with Crippen LogP contribution in [0.1, 0.15) is 0 Å². The summed E-state index contributed by atoms with van der Waals surface area (Å²) in [5.74, 6) is 1.17. The van der Waals surface area contributed by atoms with Crippen LogP contribution in [0.3, 0.4) is 0 Å². The Morgan fingerprint density at radius 1 is 1.22 bits per heavy atom. The number of rotatable bonds is 5. The number of aromatic amines is 1. The van der Waals surface area contributed by atoms with Gasteiger partial charge in [-0.2, -0.15) is 0 Å². The van der Waals surface area contributed by atoms with Gasteiger partial charge < -0.3 is 19.4 Å². The second kappa shape index (κ2) is 6.97. The first-order valence-corrected chi connectivity index (χ1v) is 7.76. The minimum Gasteiger partial charge on any atom is -0.493 e. The molecule has 3 rings (SSSR count). The number of methoxy groups -OCH3 is 1. The van der Waals surface area contributed by atoms with E-state index in [9.17, 15) is 4.79 Å². The van der Waals surface area contributed by atoms with E-state index in [2.05, 4.69) is 26.8 Å². The number of nitrogens with one attached hydrogen (secondary N) is 1. The van der Waals surface area contributed by atoms with Crippen LogP contribution >= 0.6 is 0 Å². The van der Waals surface area contributed by atoms with Crippen molar-refractivity contribution in [3.8, 4) is 11.5 Å². The molecule has 0 amide bonds. The molecule has 0 bridgehead atoms. The minimum absolute atomic E-state index is 0.183. The fraction of sp³-hybridized carbons (Fsp3) is 0.500. The number of piperazine rings is 1. The van der Waals surface area contributed by atoms with Crippen molar-refractivity contribution in [1.82, 2.24) is 19.8 Å². The molecular weight excluding hydrogens is 296 g/mol. The molecule has 7 heteroatoms. The standard InChI is InChI=1S/C16H22N4O3/c1-19-3-5-20(6-4-19)7-8-23-15-10-13-12(9-14(15)22-2)16(21)18-11-17-13/h9-11H,3-8H2,1-2H3,(H,17,18,21). The average molecular weight is 318 g/mol. The van der Waals surface area contributed by atoms with Gasteiger partial charge in [-0.15, -0.1) is 0 Å². The van der Waals surface area contributed by atoms with Gasteiger partial charge in [0.2, 0.25) is 0 Å². The highest BCUT2D eigenvalue weighted by Crippen LogP contribution is 2.30. The molecule has 1 aromatic heterocycles. The van der Waals surface area contributed by atoms with E-state index in [-0.39, 0.29) is 5.56 Å². The zero-order valence-electron chi connectivity index (χ0n) is 13.5. The smallest absolute Gasteiger partial charge is 0.258 e. The van der Waals surface area contributed by atoms with Crippen LogP contribution in [0.5, 0.6) is 11.5 Å². The Bertz CT molecular complexity index is 723. The molecule has 2 aromatic rings. The molecule has 0 saturated carbocycles. The summed E-state index contributed by atoms with van der Waals surface area (Å²) >= 11 is 0. The summed E-state index contributed by atoms with van der Waals surface area (Å²) in [6, 6.07) is 3.43. The largest absolute Gasteiger partial charge is 0.493 e. The van der Waals surface area contributed by atoms with Gasteiger partial charge in [-0.3, -0.25) is 9.69 Å². The van der Waals surface area contributed by atoms with Crippen molar-refractivity contribution in [2.24, 2.45) is 0 Å². The normalized spacial score (nSPS) is 16.6. The molecule has 0 radical (unpaired) electrons. The number of aromatic nitrogens is 2. The first-order valence-electron chi connectivity index (χ1n) is 7.76. The number of nitrogens with zero attached hydrogens (tertiary/aromatic N) is 3. The first kappa shape index (κ1) is 15.8. The van der Waals surface area contributed by atoms with Gasteiger partial charge >= 0.3 is 0 Å². The summed E-state index contributed by atoms with van der Waals surface area (Å²) in [6.45, 7) is 5.75. The van der Waals surface area contributed by atoms with Crippen molar-refractivity contribution in [3.63, 3.8) is 0 Å². The van der Waals surface area contributed by atoms with E-state index in [1.165, 1.54) is 6.33 Å². The molecule has 2 heterocycles. The van der Waals surface area contributed by atoms with Crippen LogP contribution in [0.4, 0.5) is 0 Å². The number of ether oxygens (including phenoxy) is 2. The Morgan fingerprint density at radius 3 is 2.74 bits per heavy atom. The second-order valence-corrected chi connectivity index (χ2v) is 5.75. The van der Waals surface area contributed by atoms with Crippen LogP contribution in [-0.2, 0) is 0 Å². The Morgan fingerprint density at radius 2 is 2.00 bits per heavy atom. The molecule has 1 aliphatic rings. The molecule has 0 spiro atoms. The van der Waals surface area contributed by atoms with Crippen molar-refractivity contribution in [1.29, 1.82) is 0 Å². The van der Waals surface area contributed by atoms with Gasteiger partial charge in [0.15, 0.2) is 11.5 Å². The van der Waals surface area contributed by atoms with E-state index < -0.39 is 0 Å². The van der Waals surface area contributed by atoms with Crippen molar-refractivity contribution in [3.05, 3.63) is 28.8 Å². The van der Waals surface area contributed by atoms with Crippen molar-refractivity contribution >= 4 is 10.9 Å². The van der Waals surface area contributed by atoms with Gasteiger partial charge in [-0.05, 0) is 13.1 Å². The Balaban J connectivity index is 1.68. The fourth-order valence-corrected chi connectivity index (χ4v) is 2.70. The van der Waals surface area contributed by atoms with Crippen LogP contribution in [0.25, 0.3) is 10.9 Å². The number of H-pyrrole nitrogens is 1. The number of hydrogen-bond acceptors (Lipinski definition) is 6. The lowest BCUT2D eigenvalue weighted by atomic mass is 10.2. The van der Waals surface area contributed by atoms with E-state index in [0.29, 0.717) is 29.0 Å². The Kier molecular flexibility index (Phi) is 4.78. The number of benzene rings is 1. The molecule has 1 fully saturated rings. The second-order valence-electron chi connectivity index (χ2n) is 5.75. The summed E-state index contributed by atoms with van der Waals surface area (Å²) in [7, 11) is 3.71. The predicted molar refractivity (Wildman–Crippen MR) is 88.3 cm³/mol. The molecule has 0 atom stereocenters. The van der Waals surface area contributed by atoms with Gasteiger partial charge in [0.25, 0.3) is 5.56 Å². The number of likely N-dealkylation sites (N-methyl/N-ethyl adjacent to an activating group) is 1. The lowest BCUT2D eigenvalue weighted by Gasteiger charge is -2.32. The van der Waals surface area contributed by atoms with Gasteiger partial charge in [0.1, 0.15) is 6.61 Å². The lowest BCUT2D eigenvalue weighted by Crippen LogP contribution is -2.45. The maximum atomic E-state index is 11.8. The van der Waals surface area contributed by atoms with Gasteiger partial charge in [0, 0.05) is 38.8 Å². The van der Waals surface area contributed by atoms with Gasteiger partial charge in [-0.25, -0.2) is 4.98 Å². The molecule has 0 aliphatic carbocycles. The molecule has 1 aliphatic heterocycles. The maximum absolute atomic E-state index is 11.8. The zero-order valence-corrected chi connectivity index (χ0v) is 13.5. The van der Waals surface area contributed by atoms with Crippen molar-refractivity contribution in [2.45, 2.75) is 0 Å². The zero-order chi connectivity index (χ0) is 16.2. The summed E-state index contributed by atoms with van der Waals surface area (Å²) in [6.07, 6.45) is 1.39. The highest BCUT2D eigenvalue weighted by molar-refractivity contribution is 5.81. The van der Waals surface area contributed by atoms with Crippen molar-refractivity contribution < 1.29 is 9.47 Å². The monoisotopic (exact) mass is 318 g/mol. The summed E-state index contributed by atoms with van der Waals surface area (Å²) < 4.78 is 11.2. The molecular formula is C16H22N4O3. The van der Waals surface area contributed by atoms with Crippen LogP contribution in [0.2, 0.25) is 0 Å². The highest BCUT2D eigenvalue weighted by atomic mass is 16.5. The van der Waals surface area contributed by atoms with E-state index in [1.54, 1.807) is 19.2 Å². The Labute approximate surface area is 134 Å². The van der Waals surface area contributed by atoms with Crippen LogP contribution in [0.15, 0.2) is 23.3 Å². The van der Waals surface area contributed by atoms with E-state index in [1.807, 2.05) is 0 Å². The van der Waals surface area contributed by atoms with E-state index in [0.717, 1.165) is 32.7 Å². The molecule has 7 nitrogen and oxygen atoms in total. The summed E-state index contributed by atoms with van der Waals surface area (Å²) in [4.78, 5) is 23.3. The average Bonchev–Trinajstić information content (AvgIpc) is 2.56. The third-order valence-electron chi connectivity index (χ3n) is 4.19. The molecule has 23 heavy (non-hydrogen) atoms. The van der Waals surface area contributed by atoms with E-state index in [4.69, 9.17) is 9.47 Å². The topological polar surface area (TPSA) is 70.7 Å². The maximum Gasteiger partial charge on any atom is 0.258 e. The van der Waals surface area contributed by atoms with Gasteiger partial charge in [0.05, 0.1) is 24.3 Å². The highest BCUT2D eigenvalue weighted by Gasteiger charge is 2.14. The predicted octanol–water partition coefficient (Wildman–Crippen LogP) is 0.558. The first-order chi connectivity index (χ1) is 11.2. The molecule has 0 unspecified atom stereocenters. The molecule has 1 N–H and O–H groups in total. The molecule has 1 aromatic carbocycles. The quantitative estimate of drug-likeness (QED) is 0.868. The Hall–Kier alpha value is -2.12. The molecule has 1 saturated heterocycles. The van der Waals surface area contributed by atoms with Gasteiger partial charge in [-0.1, -0.05) is 0 Å². The summed E-state index contributed by atoms with van der Waals surface area (Å²) in [5.41, 5.74) is 0.418. The minimum atomic E-state index is -0.183. The van der Waals surface area contributed by atoms with Crippen LogP contribution in [0, 0.1) is 0 Å². The fourth-order valence-electron chi connectivity index (χ4n) is 2.70. The third-order valence-corrected chi connectivity index (χ3v) is 4.19. The van der Waals surface area contributed by atoms with Crippen LogP contribution in [-0.4, -0.2) is 73.3 Å². The lowest BCUT2D eigenvalue weighted by molar-refractivity contribution is 0.133. The van der Waals surface area contributed by atoms with Crippen LogP contribution < -0.4 is 15.0 Å². The van der Waals surface area contributed by atoms with E-state index >= 15 is 0 Å².